The smallest absolute Gasteiger partial charge is 0.242 e. The molecule has 114 valence electrons. The van der Waals surface area contributed by atoms with Gasteiger partial charge in [0.1, 0.15) is 0 Å². The first-order valence-corrected chi connectivity index (χ1v) is 8.23. The average molecular weight is 286 g/mol. The van der Waals surface area contributed by atoms with Crippen LogP contribution in [0.15, 0.2) is 18.2 Å². The molecule has 1 unspecified atom stereocenters. The van der Waals surface area contributed by atoms with E-state index in [-0.39, 0.29) is 17.4 Å². The SMILES string of the molecule is CC1(C)CCCNC1C(=O)Nc1cccc2c1CCCC2. The molecule has 3 nitrogen and oxygen atoms in total. The van der Waals surface area contributed by atoms with Gasteiger partial charge in [0.15, 0.2) is 0 Å². The lowest BCUT2D eigenvalue weighted by Gasteiger charge is -2.38. The summed E-state index contributed by atoms with van der Waals surface area (Å²) in [5.41, 5.74) is 3.82. The molecule has 1 aromatic rings. The summed E-state index contributed by atoms with van der Waals surface area (Å²) in [6.45, 7) is 5.31. The summed E-state index contributed by atoms with van der Waals surface area (Å²) in [7, 11) is 0. The Morgan fingerprint density at radius 1 is 1.24 bits per heavy atom. The maximum atomic E-state index is 12.7. The lowest BCUT2D eigenvalue weighted by atomic mass is 9.77. The van der Waals surface area contributed by atoms with Crippen LogP contribution in [-0.4, -0.2) is 18.5 Å². The molecule has 0 saturated carbocycles. The molecule has 0 aromatic heterocycles. The highest BCUT2D eigenvalue weighted by atomic mass is 16.2. The maximum absolute atomic E-state index is 12.7. The molecule has 3 heteroatoms. The van der Waals surface area contributed by atoms with Crippen molar-refractivity contribution in [3.63, 3.8) is 0 Å². The van der Waals surface area contributed by atoms with Crippen LogP contribution in [0.3, 0.4) is 0 Å². The van der Waals surface area contributed by atoms with Crippen molar-refractivity contribution in [2.24, 2.45) is 5.41 Å². The van der Waals surface area contributed by atoms with Gasteiger partial charge in [-0.15, -0.1) is 0 Å². The number of nitrogens with one attached hydrogen (secondary N) is 2. The van der Waals surface area contributed by atoms with E-state index in [1.165, 1.54) is 24.0 Å². The van der Waals surface area contributed by atoms with Gasteiger partial charge in [-0.25, -0.2) is 0 Å². The van der Waals surface area contributed by atoms with E-state index in [4.69, 9.17) is 0 Å². The Hall–Kier alpha value is -1.35. The second-order valence-electron chi connectivity index (χ2n) is 7.12. The highest BCUT2D eigenvalue weighted by molar-refractivity contribution is 5.96. The van der Waals surface area contributed by atoms with Gasteiger partial charge in [0, 0.05) is 5.69 Å². The summed E-state index contributed by atoms with van der Waals surface area (Å²) < 4.78 is 0. The van der Waals surface area contributed by atoms with Crippen molar-refractivity contribution in [3.8, 4) is 0 Å². The van der Waals surface area contributed by atoms with E-state index < -0.39 is 0 Å². The highest BCUT2D eigenvalue weighted by Crippen LogP contribution is 2.32. The molecule has 0 bridgehead atoms. The lowest BCUT2D eigenvalue weighted by molar-refractivity contribution is -0.121. The molecule has 1 saturated heterocycles. The molecular formula is C18H26N2O. The summed E-state index contributed by atoms with van der Waals surface area (Å²) >= 11 is 0. The first-order valence-electron chi connectivity index (χ1n) is 8.23. The molecule has 21 heavy (non-hydrogen) atoms. The number of fused-ring (bicyclic) bond motifs is 1. The molecule has 1 atom stereocenters. The largest absolute Gasteiger partial charge is 0.324 e. The number of benzene rings is 1. The van der Waals surface area contributed by atoms with Gasteiger partial charge in [0.05, 0.1) is 6.04 Å². The number of piperidine rings is 1. The summed E-state index contributed by atoms with van der Waals surface area (Å²) in [4.78, 5) is 12.7. The van der Waals surface area contributed by atoms with Crippen LogP contribution in [0.1, 0.15) is 50.7 Å². The highest BCUT2D eigenvalue weighted by Gasteiger charge is 2.37. The number of carbonyl (C=O) groups excluding carboxylic acids is 1. The Balaban J connectivity index is 1.79. The molecular weight excluding hydrogens is 260 g/mol. The fourth-order valence-corrected chi connectivity index (χ4v) is 3.76. The zero-order valence-corrected chi connectivity index (χ0v) is 13.2. The van der Waals surface area contributed by atoms with Crippen molar-refractivity contribution in [1.29, 1.82) is 0 Å². The van der Waals surface area contributed by atoms with Gasteiger partial charge in [0.2, 0.25) is 5.91 Å². The van der Waals surface area contributed by atoms with E-state index in [1.54, 1.807) is 0 Å². The Bertz CT molecular complexity index is 536. The van der Waals surface area contributed by atoms with Crippen LogP contribution in [0.2, 0.25) is 0 Å². The minimum Gasteiger partial charge on any atom is -0.324 e. The molecule has 2 aliphatic rings. The molecule has 1 heterocycles. The van der Waals surface area contributed by atoms with E-state index in [9.17, 15) is 4.79 Å². The zero-order valence-electron chi connectivity index (χ0n) is 13.2. The van der Waals surface area contributed by atoms with Crippen molar-refractivity contribution in [1.82, 2.24) is 5.32 Å². The second kappa shape index (κ2) is 5.80. The van der Waals surface area contributed by atoms with Crippen LogP contribution in [0.5, 0.6) is 0 Å². The first kappa shape index (κ1) is 14.6. The van der Waals surface area contributed by atoms with Gasteiger partial charge in [-0.05, 0) is 67.7 Å². The number of carbonyl (C=O) groups is 1. The number of anilines is 1. The third kappa shape index (κ3) is 2.98. The summed E-state index contributed by atoms with van der Waals surface area (Å²) in [5.74, 6) is 0.124. The molecule has 3 rings (SSSR count). The number of rotatable bonds is 2. The molecule has 0 radical (unpaired) electrons. The van der Waals surface area contributed by atoms with Crippen LogP contribution in [0.4, 0.5) is 5.69 Å². The number of amides is 1. The minimum atomic E-state index is -0.0919. The van der Waals surface area contributed by atoms with Gasteiger partial charge in [-0.2, -0.15) is 0 Å². The van der Waals surface area contributed by atoms with E-state index in [0.29, 0.717) is 0 Å². The average Bonchev–Trinajstić information content (AvgIpc) is 2.47. The third-order valence-electron chi connectivity index (χ3n) is 5.04. The topological polar surface area (TPSA) is 41.1 Å². The van der Waals surface area contributed by atoms with E-state index >= 15 is 0 Å². The standard InChI is InChI=1S/C18H26N2O/c1-18(2)11-6-12-19-16(18)17(21)20-15-10-5-8-13-7-3-4-9-14(13)15/h5,8,10,16,19H,3-4,6-7,9,11-12H2,1-2H3,(H,20,21). The molecule has 1 aliphatic carbocycles. The monoisotopic (exact) mass is 286 g/mol. The second-order valence-corrected chi connectivity index (χ2v) is 7.12. The number of aryl methyl sites for hydroxylation is 1. The van der Waals surface area contributed by atoms with Gasteiger partial charge in [0.25, 0.3) is 0 Å². The van der Waals surface area contributed by atoms with Gasteiger partial charge >= 0.3 is 0 Å². The quantitative estimate of drug-likeness (QED) is 0.876. The zero-order chi connectivity index (χ0) is 14.9. The molecule has 1 aliphatic heterocycles. The Labute approximate surface area is 127 Å². The molecule has 2 N–H and O–H groups in total. The number of hydrogen-bond donors (Lipinski definition) is 2. The van der Waals surface area contributed by atoms with Crippen LogP contribution in [0.25, 0.3) is 0 Å². The fourth-order valence-electron chi connectivity index (χ4n) is 3.76. The van der Waals surface area contributed by atoms with Gasteiger partial charge in [-0.1, -0.05) is 26.0 Å². The van der Waals surface area contributed by atoms with Crippen molar-refractivity contribution < 1.29 is 4.79 Å². The first-order chi connectivity index (χ1) is 10.1. The van der Waals surface area contributed by atoms with Crippen LogP contribution in [-0.2, 0) is 17.6 Å². The predicted molar refractivity (Wildman–Crippen MR) is 86.5 cm³/mol. The molecule has 0 spiro atoms. The Morgan fingerprint density at radius 3 is 2.86 bits per heavy atom. The van der Waals surface area contributed by atoms with Crippen molar-refractivity contribution in [2.75, 3.05) is 11.9 Å². The summed E-state index contributed by atoms with van der Waals surface area (Å²) in [6, 6.07) is 6.23. The van der Waals surface area contributed by atoms with Crippen molar-refractivity contribution >= 4 is 11.6 Å². The number of hydrogen-bond acceptors (Lipinski definition) is 2. The van der Waals surface area contributed by atoms with Crippen molar-refractivity contribution in [3.05, 3.63) is 29.3 Å². The molecule has 1 aromatic carbocycles. The molecule has 1 fully saturated rings. The van der Waals surface area contributed by atoms with Crippen molar-refractivity contribution in [2.45, 2.75) is 58.4 Å². The minimum absolute atomic E-state index is 0.0250. The van der Waals surface area contributed by atoms with E-state index in [2.05, 4.69) is 42.7 Å². The fraction of sp³-hybridized carbons (Fsp3) is 0.611. The molecule has 1 amide bonds. The third-order valence-corrected chi connectivity index (χ3v) is 5.04. The van der Waals surface area contributed by atoms with E-state index in [1.807, 2.05) is 0 Å². The van der Waals surface area contributed by atoms with Gasteiger partial charge in [-0.3, -0.25) is 4.79 Å². The van der Waals surface area contributed by atoms with Gasteiger partial charge < -0.3 is 10.6 Å². The summed E-state index contributed by atoms with van der Waals surface area (Å²) in [6.07, 6.45) is 6.98. The Kier molecular flexibility index (Phi) is 4.03. The summed E-state index contributed by atoms with van der Waals surface area (Å²) in [5, 5.41) is 6.59. The van der Waals surface area contributed by atoms with Crippen LogP contribution in [0, 0.1) is 5.41 Å². The van der Waals surface area contributed by atoms with E-state index in [0.717, 1.165) is 37.9 Å². The Morgan fingerprint density at radius 2 is 2.05 bits per heavy atom. The lowest BCUT2D eigenvalue weighted by Crippen LogP contribution is -2.53. The van der Waals surface area contributed by atoms with Crippen LogP contribution < -0.4 is 10.6 Å². The normalized spacial score (nSPS) is 24.2. The predicted octanol–water partition coefficient (Wildman–Crippen LogP) is 3.28. The maximum Gasteiger partial charge on any atom is 0.242 e. The van der Waals surface area contributed by atoms with Crippen LogP contribution >= 0.6 is 0 Å².